The molecule has 3 rings (SSSR count). The quantitative estimate of drug-likeness (QED) is 0.715. The molecule has 0 amide bonds. The average molecular weight is 235 g/mol. The summed E-state index contributed by atoms with van der Waals surface area (Å²) in [4.78, 5) is 7.28. The summed E-state index contributed by atoms with van der Waals surface area (Å²) in [5.41, 5.74) is 2.10. The van der Waals surface area contributed by atoms with Crippen LogP contribution < -0.4 is 0 Å². The summed E-state index contributed by atoms with van der Waals surface area (Å²) in [5.74, 6) is 0.949. The van der Waals surface area contributed by atoms with Crippen LogP contribution in [0.3, 0.4) is 0 Å². The van der Waals surface area contributed by atoms with Gasteiger partial charge in [-0.3, -0.25) is 5.10 Å². The van der Waals surface area contributed by atoms with E-state index in [1.54, 1.807) is 6.20 Å². The van der Waals surface area contributed by atoms with E-state index in [1.807, 2.05) is 24.4 Å². The first-order valence-electron chi connectivity index (χ1n) is 4.84. The Balaban J connectivity index is 0.000000963. The molecule has 0 aliphatic heterocycles. The van der Waals surface area contributed by atoms with Crippen molar-refractivity contribution in [2.45, 2.75) is 6.42 Å². The molecule has 82 valence electrons. The van der Waals surface area contributed by atoms with Crippen LogP contribution in [0.15, 0.2) is 36.7 Å². The fourth-order valence-electron chi connectivity index (χ4n) is 1.71. The van der Waals surface area contributed by atoms with Gasteiger partial charge in [-0.05, 0) is 6.07 Å². The minimum Gasteiger partial charge on any atom is -0.348 e. The highest BCUT2D eigenvalue weighted by Gasteiger charge is 2.05. The van der Waals surface area contributed by atoms with Gasteiger partial charge in [0.1, 0.15) is 5.82 Å². The van der Waals surface area contributed by atoms with Crippen LogP contribution in [0, 0.1) is 0 Å². The van der Waals surface area contributed by atoms with Crippen molar-refractivity contribution in [2.24, 2.45) is 0 Å². The van der Waals surface area contributed by atoms with Gasteiger partial charge in [-0.2, -0.15) is 5.10 Å². The monoisotopic (exact) mass is 234 g/mol. The van der Waals surface area contributed by atoms with Gasteiger partial charge in [0.2, 0.25) is 0 Å². The second-order valence-corrected chi connectivity index (χ2v) is 3.43. The SMILES string of the molecule is Cl.c1ccc2c(Cc3ncc[nH]3)[nH]nc2c1. The van der Waals surface area contributed by atoms with Crippen LogP contribution in [0.4, 0.5) is 0 Å². The summed E-state index contributed by atoms with van der Waals surface area (Å²) >= 11 is 0. The molecule has 1 aromatic carbocycles. The van der Waals surface area contributed by atoms with Crippen molar-refractivity contribution in [3.63, 3.8) is 0 Å². The first kappa shape index (κ1) is 10.7. The molecule has 0 unspecified atom stereocenters. The number of H-pyrrole nitrogens is 2. The number of imidazole rings is 1. The van der Waals surface area contributed by atoms with Crippen LogP contribution in [0.1, 0.15) is 11.5 Å². The molecule has 2 aromatic heterocycles. The minimum absolute atomic E-state index is 0. The van der Waals surface area contributed by atoms with Crippen LogP contribution in [0.2, 0.25) is 0 Å². The number of aromatic nitrogens is 4. The first-order chi connectivity index (χ1) is 7.43. The van der Waals surface area contributed by atoms with Gasteiger partial charge >= 0.3 is 0 Å². The number of halogens is 1. The molecule has 2 N–H and O–H groups in total. The van der Waals surface area contributed by atoms with Crippen molar-refractivity contribution < 1.29 is 0 Å². The number of fused-ring (bicyclic) bond motifs is 1. The molecule has 0 spiro atoms. The fraction of sp³-hybridized carbons (Fsp3) is 0.0909. The number of hydrogen-bond donors (Lipinski definition) is 2. The molecule has 16 heavy (non-hydrogen) atoms. The zero-order valence-electron chi connectivity index (χ0n) is 8.47. The number of nitrogens with zero attached hydrogens (tertiary/aromatic N) is 2. The van der Waals surface area contributed by atoms with Gasteiger partial charge in [0.25, 0.3) is 0 Å². The summed E-state index contributed by atoms with van der Waals surface area (Å²) in [7, 11) is 0. The minimum atomic E-state index is 0. The Bertz CT molecular complexity index is 570. The lowest BCUT2D eigenvalue weighted by Crippen LogP contribution is -1.91. The third-order valence-corrected chi connectivity index (χ3v) is 2.44. The zero-order valence-corrected chi connectivity index (χ0v) is 9.29. The van der Waals surface area contributed by atoms with Crippen molar-refractivity contribution in [1.82, 2.24) is 20.2 Å². The predicted molar refractivity (Wildman–Crippen MR) is 64.7 cm³/mol. The largest absolute Gasteiger partial charge is 0.348 e. The highest BCUT2D eigenvalue weighted by Crippen LogP contribution is 2.16. The lowest BCUT2D eigenvalue weighted by molar-refractivity contribution is 0.954. The van der Waals surface area contributed by atoms with E-state index >= 15 is 0 Å². The average Bonchev–Trinajstić information content (AvgIpc) is 2.89. The van der Waals surface area contributed by atoms with Gasteiger partial charge in [0, 0.05) is 24.2 Å². The van der Waals surface area contributed by atoms with E-state index in [1.165, 1.54) is 0 Å². The zero-order chi connectivity index (χ0) is 10.1. The second-order valence-electron chi connectivity index (χ2n) is 3.43. The van der Waals surface area contributed by atoms with Crippen LogP contribution in [0.25, 0.3) is 10.9 Å². The van der Waals surface area contributed by atoms with Gasteiger partial charge in [-0.15, -0.1) is 12.4 Å². The Hall–Kier alpha value is -1.81. The summed E-state index contributed by atoms with van der Waals surface area (Å²) in [6, 6.07) is 8.07. The molecule has 3 aromatic rings. The lowest BCUT2D eigenvalue weighted by Gasteiger charge is -1.94. The van der Waals surface area contributed by atoms with Crippen LogP contribution in [0.5, 0.6) is 0 Å². The Kier molecular flexibility index (Phi) is 2.92. The topological polar surface area (TPSA) is 57.4 Å². The molecule has 5 heteroatoms. The summed E-state index contributed by atoms with van der Waals surface area (Å²) in [5, 5.41) is 8.44. The van der Waals surface area contributed by atoms with E-state index < -0.39 is 0 Å². The summed E-state index contributed by atoms with van der Waals surface area (Å²) in [6.07, 6.45) is 4.34. The van der Waals surface area contributed by atoms with E-state index in [2.05, 4.69) is 26.2 Å². The second kappa shape index (κ2) is 4.37. The van der Waals surface area contributed by atoms with Crippen LogP contribution >= 0.6 is 12.4 Å². The molecule has 4 nitrogen and oxygen atoms in total. The maximum absolute atomic E-state index is 4.23. The normalized spacial score (nSPS) is 10.2. The molecule has 0 saturated carbocycles. The van der Waals surface area contributed by atoms with E-state index in [0.29, 0.717) is 0 Å². The highest BCUT2D eigenvalue weighted by atomic mass is 35.5. The number of benzene rings is 1. The Labute approximate surface area is 98.5 Å². The molecule has 0 bridgehead atoms. The van der Waals surface area contributed by atoms with Crippen molar-refractivity contribution in [2.75, 3.05) is 0 Å². The molecule has 0 aliphatic rings. The van der Waals surface area contributed by atoms with E-state index in [4.69, 9.17) is 0 Å². The van der Waals surface area contributed by atoms with Crippen LogP contribution in [-0.2, 0) is 6.42 Å². The van der Waals surface area contributed by atoms with Crippen molar-refractivity contribution in [3.8, 4) is 0 Å². The third-order valence-electron chi connectivity index (χ3n) is 2.44. The van der Waals surface area contributed by atoms with Gasteiger partial charge in [-0.25, -0.2) is 4.98 Å². The molecule has 2 heterocycles. The third kappa shape index (κ3) is 1.79. The number of hydrogen-bond acceptors (Lipinski definition) is 2. The van der Waals surface area contributed by atoms with E-state index in [9.17, 15) is 0 Å². The van der Waals surface area contributed by atoms with Gasteiger partial charge in [0.15, 0.2) is 0 Å². The molecule has 0 fully saturated rings. The number of rotatable bonds is 2. The van der Waals surface area contributed by atoms with Crippen molar-refractivity contribution >= 4 is 23.3 Å². The van der Waals surface area contributed by atoms with E-state index in [0.717, 1.165) is 28.8 Å². The molecule has 0 saturated heterocycles. The summed E-state index contributed by atoms with van der Waals surface area (Å²) < 4.78 is 0. The van der Waals surface area contributed by atoms with Gasteiger partial charge in [-0.1, -0.05) is 18.2 Å². The Morgan fingerprint density at radius 1 is 1.19 bits per heavy atom. The molecule has 0 aliphatic carbocycles. The van der Waals surface area contributed by atoms with Crippen LogP contribution in [-0.4, -0.2) is 20.2 Å². The molecule has 0 radical (unpaired) electrons. The fourth-order valence-corrected chi connectivity index (χ4v) is 1.71. The summed E-state index contributed by atoms with van der Waals surface area (Å²) in [6.45, 7) is 0. The van der Waals surface area contributed by atoms with E-state index in [-0.39, 0.29) is 12.4 Å². The lowest BCUT2D eigenvalue weighted by atomic mass is 10.1. The first-order valence-corrected chi connectivity index (χ1v) is 4.84. The molecular weight excluding hydrogens is 224 g/mol. The molecular formula is C11H11ClN4. The maximum Gasteiger partial charge on any atom is 0.112 e. The number of aromatic amines is 2. The van der Waals surface area contributed by atoms with Gasteiger partial charge < -0.3 is 4.98 Å². The molecule has 0 atom stereocenters. The standard InChI is InChI=1S/C11H10N4.ClH/c1-2-4-9-8(3-1)10(15-14-9)7-11-12-5-6-13-11;/h1-6H,7H2,(H,12,13)(H,14,15);1H. The Morgan fingerprint density at radius 2 is 2.06 bits per heavy atom. The smallest absolute Gasteiger partial charge is 0.112 e. The maximum atomic E-state index is 4.23. The predicted octanol–water partition coefficient (Wildman–Crippen LogP) is 2.30. The van der Waals surface area contributed by atoms with Gasteiger partial charge in [0.05, 0.1) is 11.2 Å². The highest BCUT2D eigenvalue weighted by molar-refractivity contribution is 5.85. The van der Waals surface area contributed by atoms with Crippen molar-refractivity contribution in [3.05, 3.63) is 48.2 Å². The number of nitrogens with one attached hydrogen (secondary N) is 2. The number of para-hydroxylation sites is 1. The van der Waals surface area contributed by atoms with Crippen molar-refractivity contribution in [1.29, 1.82) is 0 Å². The Morgan fingerprint density at radius 3 is 2.88 bits per heavy atom.